The van der Waals surface area contributed by atoms with Gasteiger partial charge in [0.1, 0.15) is 17.3 Å². The van der Waals surface area contributed by atoms with Gasteiger partial charge in [0.15, 0.2) is 5.82 Å². The second-order valence-electron chi connectivity index (χ2n) is 4.35. The van der Waals surface area contributed by atoms with Crippen LogP contribution in [0.3, 0.4) is 0 Å². The van der Waals surface area contributed by atoms with Crippen molar-refractivity contribution < 1.29 is 9.13 Å². The molecule has 20 heavy (non-hydrogen) atoms. The van der Waals surface area contributed by atoms with Crippen LogP contribution < -0.4 is 15.8 Å². The van der Waals surface area contributed by atoms with Crippen LogP contribution in [0.25, 0.3) is 0 Å². The van der Waals surface area contributed by atoms with Gasteiger partial charge in [-0.25, -0.2) is 9.37 Å². The van der Waals surface area contributed by atoms with E-state index in [-0.39, 0.29) is 5.82 Å². The van der Waals surface area contributed by atoms with Crippen molar-refractivity contribution in [3.63, 3.8) is 0 Å². The average Bonchev–Trinajstić information content (AvgIpc) is 2.44. The maximum absolute atomic E-state index is 12.8. The van der Waals surface area contributed by atoms with Gasteiger partial charge in [0.2, 0.25) is 5.88 Å². The highest BCUT2D eigenvalue weighted by Gasteiger charge is 2.09. The van der Waals surface area contributed by atoms with E-state index in [1.54, 1.807) is 19.1 Å². The number of aryl methyl sites for hydroxylation is 1. The van der Waals surface area contributed by atoms with Crippen molar-refractivity contribution in [1.82, 2.24) is 9.97 Å². The lowest BCUT2D eigenvalue weighted by Crippen LogP contribution is -2.11. The van der Waals surface area contributed by atoms with Crippen LogP contribution in [-0.4, -0.2) is 23.6 Å². The minimum atomic E-state index is -0.234. The van der Waals surface area contributed by atoms with Gasteiger partial charge in [0.05, 0.1) is 7.11 Å². The molecule has 106 valence electrons. The molecule has 0 fully saturated rings. The fourth-order valence-electron chi connectivity index (χ4n) is 1.82. The van der Waals surface area contributed by atoms with Gasteiger partial charge in [-0.05, 0) is 31.0 Å². The predicted octanol–water partition coefficient (Wildman–Crippen LogP) is 2.17. The zero-order valence-electron chi connectivity index (χ0n) is 11.5. The van der Waals surface area contributed by atoms with Gasteiger partial charge in [-0.2, -0.15) is 4.98 Å². The molecule has 1 aromatic carbocycles. The van der Waals surface area contributed by atoms with Crippen LogP contribution in [0.5, 0.6) is 5.88 Å². The van der Waals surface area contributed by atoms with E-state index in [2.05, 4.69) is 15.3 Å². The number of nitrogens with two attached hydrogens (primary N) is 1. The maximum Gasteiger partial charge on any atom is 0.242 e. The Morgan fingerprint density at radius 2 is 1.95 bits per heavy atom. The van der Waals surface area contributed by atoms with Crippen LogP contribution in [0, 0.1) is 12.7 Å². The average molecular weight is 276 g/mol. The summed E-state index contributed by atoms with van der Waals surface area (Å²) < 4.78 is 17.9. The highest BCUT2D eigenvalue weighted by molar-refractivity contribution is 5.66. The third kappa shape index (κ3) is 3.34. The molecule has 0 radical (unpaired) electrons. The van der Waals surface area contributed by atoms with Crippen LogP contribution >= 0.6 is 0 Å². The van der Waals surface area contributed by atoms with E-state index in [1.165, 1.54) is 19.2 Å². The molecule has 0 saturated carbocycles. The molecule has 0 bridgehead atoms. The molecule has 3 N–H and O–H groups in total. The molecule has 0 unspecified atom stereocenters. The fraction of sp³-hybridized carbons (Fsp3) is 0.286. The molecule has 0 saturated heterocycles. The Labute approximate surface area is 117 Å². The number of hydrogen-bond acceptors (Lipinski definition) is 5. The maximum atomic E-state index is 12.8. The van der Waals surface area contributed by atoms with Crippen molar-refractivity contribution in [2.75, 3.05) is 24.7 Å². The number of nitrogens with zero attached hydrogens (tertiary/aromatic N) is 2. The summed E-state index contributed by atoms with van der Waals surface area (Å²) in [5, 5.41) is 3.14. The van der Waals surface area contributed by atoms with E-state index in [0.717, 1.165) is 12.0 Å². The van der Waals surface area contributed by atoms with Crippen molar-refractivity contribution in [3.05, 3.63) is 41.5 Å². The third-order valence-corrected chi connectivity index (χ3v) is 2.84. The van der Waals surface area contributed by atoms with E-state index in [4.69, 9.17) is 10.5 Å². The molecule has 6 heteroatoms. The van der Waals surface area contributed by atoms with Crippen molar-refractivity contribution in [1.29, 1.82) is 0 Å². The number of benzene rings is 1. The van der Waals surface area contributed by atoms with Crippen molar-refractivity contribution in [2.45, 2.75) is 13.3 Å². The second kappa shape index (κ2) is 6.18. The zero-order valence-corrected chi connectivity index (χ0v) is 11.5. The summed E-state index contributed by atoms with van der Waals surface area (Å²) in [7, 11) is 1.51. The summed E-state index contributed by atoms with van der Waals surface area (Å²) in [6.45, 7) is 2.41. The number of rotatable bonds is 5. The SMILES string of the molecule is COc1nc(C)nc(NCCc2ccc(F)cc2)c1N. The molecule has 0 aliphatic rings. The smallest absolute Gasteiger partial charge is 0.242 e. The van der Waals surface area contributed by atoms with E-state index in [1.807, 2.05) is 0 Å². The van der Waals surface area contributed by atoms with Crippen molar-refractivity contribution in [3.8, 4) is 5.88 Å². The predicted molar refractivity (Wildman–Crippen MR) is 76.3 cm³/mol. The lowest BCUT2D eigenvalue weighted by atomic mass is 10.1. The molecule has 0 atom stereocenters. The molecule has 0 amide bonds. The number of hydrogen-bond donors (Lipinski definition) is 2. The van der Waals surface area contributed by atoms with E-state index in [0.29, 0.717) is 29.8 Å². The van der Waals surface area contributed by atoms with Crippen LogP contribution in [0.1, 0.15) is 11.4 Å². The monoisotopic (exact) mass is 276 g/mol. The lowest BCUT2D eigenvalue weighted by Gasteiger charge is -2.11. The highest BCUT2D eigenvalue weighted by atomic mass is 19.1. The second-order valence-corrected chi connectivity index (χ2v) is 4.35. The van der Waals surface area contributed by atoms with Crippen molar-refractivity contribution >= 4 is 11.5 Å². The van der Waals surface area contributed by atoms with E-state index >= 15 is 0 Å². The Kier molecular flexibility index (Phi) is 4.34. The number of ether oxygens (including phenoxy) is 1. The Morgan fingerprint density at radius 3 is 2.60 bits per heavy atom. The van der Waals surface area contributed by atoms with Crippen LogP contribution in [0.4, 0.5) is 15.9 Å². The first-order chi connectivity index (χ1) is 9.60. The third-order valence-electron chi connectivity index (χ3n) is 2.84. The Morgan fingerprint density at radius 1 is 1.25 bits per heavy atom. The summed E-state index contributed by atoms with van der Waals surface area (Å²) in [5.74, 6) is 1.26. The number of halogens is 1. The number of aromatic nitrogens is 2. The molecule has 1 heterocycles. The van der Waals surface area contributed by atoms with E-state index < -0.39 is 0 Å². The number of nitrogen functional groups attached to an aromatic ring is 1. The molecule has 0 spiro atoms. The van der Waals surface area contributed by atoms with Gasteiger partial charge >= 0.3 is 0 Å². The Balaban J connectivity index is 2.00. The molecular formula is C14H17FN4O. The topological polar surface area (TPSA) is 73.1 Å². The van der Waals surface area contributed by atoms with Crippen LogP contribution in [0.2, 0.25) is 0 Å². The number of anilines is 2. The fourth-order valence-corrected chi connectivity index (χ4v) is 1.82. The lowest BCUT2D eigenvalue weighted by molar-refractivity contribution is 0.398. The summed E-state index contributed by atoms with van der Waals surface area (Å²) in [6.07, 6.45) is 0.741. The first-order valence-corrected chi connectivity index (χ1v) is 6.26. The van der Waals surface area contributed by atoms with E-state index in [9.17, 15) is 4.39 Å². The van der Waals surface area contributed by atoms with Gasteiger partial charge in [-0.1, -0.05) is 12.1 Å². The Hall–Kier alpha value is -2.37. The Bertz CT molecular complexity index is 586. The van der Waals surface area contributed by atoms with Crippen LogP contribution in [-0.2, 0) is 6.42 Å². The van der Waals surface area contributed by atoms with Crippen molar-refractivity contribution in [2.24, 2.45) is 0 Å². The molecule has 0 aliphatic carbocycles. The molecule has 2 rings (SSSR count). The van der Waals surface area contributed by atoms with Gasteiger partial charge in [-0.3, -0.25) is 0 Å². The number of methoxy groups -OCH3 is 1. The van der Waals surface area contributed by atoms with Gasteiger partial charge < -0.3 is 15.8 Å². The molecule has 1 aromatic heterocycles. The molecule has 5 nitrogen and oxygen atoms in total. The summed E-state index contributed by atoms with van der Waals surface area (Å²) in [5.41, 5.74) is 7.32. The first-order valence-electron chi connectivity index (χ1n) is 6.26. The standard InChI is InChI=1S/C14H17FN4O/c1-9-18-13(12(16)14(19-9)20-2)17-8-7-10-3-5-11(15)6-4-10/h3-6H,7-8,16H2,1-2H3,(H,17,18,19). The van der Waals surface area contributed by atoms with Gasteiger partial charge in [-0.15, -0.1) is 0 Å². The molecule has 0 aliphatic heterocycles. The van der Waals surface area contributed by atoms with Gasteiger partial charge in [0, 0.05) is 6.54 Å². The molecule has 2 aromatic rings. The largest absolute Gasteiger partial charge is 0.479 e. The van der Waals surface area contributed by atoms with Gasteiger partial charge in [0.25, 0.3) is 0 Å². The minimum Gasteiger partial charge on any atom is -0.479 e. The quantitative estimate of drug-likeness (QED) is 0.875. The number of nitrogens with one attached hydrogen (secondary N) is 1. The zero-order chi connectivity index (χ0) is 14.5. The first kappa shape index (κ1) is 14.0. The summed E-state index contributed by atoms with van der Waals surface area (Å²) in [6, 6.07) is 6.40. The molecular weight excluding hydrogens is 259 g/mol. The highest BCUT2D eigenvalue weighted by Crippen LogP contribution is 2.25. The minimum absolute atomic E-state index is 0.234. The summed E-state index contributed by atoms with van der Waals surface area (Å²) >= 11 is 0. The summed E-state index contributed by atoms with van der Waals surface area (Å²) in [4.78, 5) is 8.33. The van der Waals surface area contributed by atoms with Crippen LogP contribution in [0.15, 0.2) is 24.3 Å². The normalized spacial score (nSPS) is 10.3.